The lowest BCUT2D eigenvalue weighted by Crippen LogP contribution is -2.40. The number of nitrogens with one attached hydrogen (secondary N) is 1. The first kappa shape index (κ1) is 8.44. The molecular formula is C9H18N2. The average Bonchev–Trinajstić information content (AvgIpc) is 1.93. The lowest BCUT2D eigenvalue weighted by Gasteiger charge is -2.31. The van der Waals surface area contributed by atoms with Gasteiger partial charge in [-0.25, -0.2) is 0 Å². The number of rotatable bonds is 2. The first-order valence-corrected chi connectivity index (χ1v) is 4.32. The Bertz CT molecular complexity index is 140. The molecule has 2 nitrogen and oxygen atoms in total. The Balaban J connectivity index is 2.38. The highest BCUT2D eigenvalue weighted by Crippen LogP contribution is 2.11. The Labute approximate surface area is 69.3 Å². The molecule has 1 N–H and O–H groups in total. The van der Waals surface area contributed by atoms with Gasteiger partial charge < -0.3 is 10.2 Å². The van der Waals surface area contributed by atoms with Gasteiger partial charge in [0.05, 0.1) is 0 Å². The van der Waals surface area contributed by atoms with E-state index < -0.39 is 0 Å². The zero-order valence-electron chi connectivity index (χ0n) is 7.67. The highest BCUT2D eigenvalue weighted by Gasteiger charge is 2.14. The molecule has 1 aliphatic heterocycles. The third kappa shape index (κ3) is 2.45. The normalized spacial score (nSPS) is 24.0. The molecule has 1 heterocycles. The zero-order chi connectivity index (χ0) is 8.27. The fourth-order valence-corrected chi connectivity index (χ4v) is 1.43. The maximum atomic E-state index is 3.25. The third-order valence-corrected chi connectivity index (χ3v) is 2.10. The molecule has 0 aromatic rings. The van der Waals surface area contributed by atoms with E-state index >= 15 is 0 Å². The molecule has 0 aliphatic carbocycles. The van der Waals surface area contributed by atoms with Gasteiger partial charge in [-0.15, -0.1) is 0 Å². The summed E-state index contributed by atoms with van der Waals surface area (Å²) in [5, 5.41) is 3.25. The fourth-order valence-electron chi connectivity index (χ4n) is 1.43. The molecule has 11 heavy (non-hydrogen) atoms. The van der Waals surface area contributed by atoms with E-state index in [-0.39, 0.29) is 0 Å². The molecule has 0 saturated carbocycles. The first-order valence-electron chi connectivity index (χ1n) is 4.32. The molecule has 0 saturated heterocycles. The predicted molar refractivity (Wildman–Crippen MR) is 48.1 cm³/mol. The van der Waals surface area contributed by atoms with Crippen molar-refractivity contribution in [1.29, 1.82) is 0 Å². The van der Waals surface area contributed by atoms with Gasteiger partial charge in [-0.1, -0.05) is 13.8 Å². The van der Waals surface area contributed by atoms with E-state index in [4.69, 9.17) is 0 Å². The third-order valence-electron chi connectivity index (χ3n) is 2.10. The number of hydrogen-bond acceptors (Lipinski definition) is 2. The van der Waals surface area contributed by atoms with Crippen LogP contribution in [0.1, 0.15) is 20.3 Å². The van der Waals surface area contributed by atoms with Crippen molar-refractivity contribution < 1.29 is 0 Å². The molecule has 1 rings (SSSR count). The van der Waals surface area contributed by atoms with Gasteiger partial charge in [0.15, 0.2) is 0 Å². The molecule has 0 spiro atoms. The summed E-state index contributed by atoms with van der Waals surface area (Å²) in [7, 11) is 2.14. The van der Waals surface area contributed by atoms with Crippen molar-refractivity contribution >= 4 is 0 Å². The molecule has 0 aromatic carbocycles. The minimum Gasteiger partial charge on any atom is -0.388 e. The van der Waals surface area contributed by atoms with Gasteiger partial charge >= 0.3 is 0 Å². The van der Waals surface area contributed by atoms with Crippen molar-refractivity contribution in [2.75, 3.05) is 13.6 Å². The van der Waals surface area contributed by atoms with Crippen molar-refractivity contribution in [3.63, 3.8) is 0 Å². The molecule has 0 bridgehead atoms. The Morgan fingerprint density at radius 1 is 1.64 bits per heavy atom. The van der Waals surface area contributed by atoms with Crippen LogP contribution in [0, 0.1) is 5.92 Å². The quantitative estimate of drug-likeness (QED) is 0.647. The highest BCUT2D eigenvalue weighted by molar-refractivity contribution is 4.91. The summed E-state index contributed by atoms with van der Waals surface area (Å²) in [5.74, 6) is 0.788. The average molecular weight is 154 g/mol. The molecule has 0 aromatic heterocycles. The molecule has 2 heteroatoms. The second-order valence-electron chi connectivity index (χ2n) is 3.67. The summed E-state index contributed by atoms with van der Waals surface area (Å²) in [6.07, 6.45) is 5.39. The molecule has 1 aliphatic rings. The maximum absolute atomic E-state index is 3.25. The molecule has 0 radical (unpaired) electrons. The standard InChI is InChI=1S/C9H18N2/c1-8(2)6-9-7-10-4-5-11(9)3/h4-5,8-10H,6-7H2,1-3H3. The van der Waals surface area contributed by atoms with Crippen LogP contribution in [0.2, 0.25) is 0 Å². The van der Waals surface area contributed by atoms with Crippen molar-refractivity contribution in [3.8, 4) is 0 Å². The van der Waals surface area contributed by atoms with E-state index in [1.807, 2.05) is 6.20 Å². The molecule has 64 valence electrons. The second-order valence-corrected chi connectivity index (χ2v) is 3.67. The molecule has 0 fully saturated rings. The van der Waals surface area contributed by atoms with Gasteiger partial charge in [0.25, 0.3) is 0 Å². The van der Waals surface area contributed by atoms with Crippen molar-refractivity contribution in [3.05, 3.63) is 12.4 Å². The molecule has 0 amide bonds. The van der Waals surface area contributed by atoms with E-state index in [0.717, 1.165) is 12.5 Å². The minimum absolute atomic E-state index is 0.681. The van der Waals surface area contributed by atoms with Crippen LogP contribution in [-0.4, -0.2) is 24.5 Å². The van der Waals surface area contributed by atoms with E-state index in [9.17, 15) is 0 Å². The minimum atomic E-state index is 0.681. The van der Waals surface area contributed by atoms with Gasteiger partial charge in [-0.3, -0.25) is 0 Å². The Hall–Kier alpha value is -0.660. The predicted octanol–water partition coefficient (Wildman–Crippen LogP) is 1.41. The molecular weight excluding hydrogens is 136 g/mol. The van der Waals surface area contributed by atoms with Crippen LogP contribution >= 0.6 is 0 Å². The van der Waals surface area contributed by atoms with Crippen molar-refractivity contribution in [2.45, 2.75) is 26.3 Å². The summed E-state index contributed by atoms with van der Waals surface area (Å²) in [5.41, 5.74) is 0. The monoisotopic (exact) mass is 154 g/mol. The summed E-state index contributed by atoms with van der Waals surface area (Å²) in [6, 6.07) is 0.681. The summed E-state index contributed by atoms with van der Waals surface area (Å²) in [6.45, 7) is 5.63. The Morgan fingerprint density at radius 3 is 2.91 bits per heavy atom. The smallest absolute Gasteiger partial charge is 0.0456 e. The maximum Gasteiger partial charge on any atom is 0.0456 e. The van der Waals surface area contributed by atoms with Crippen molar-refractivity contribution in [1.82, 2.24) is 10.2 Å². The lowest BCUT2D eigenvalue weighted by molar-refractivity contribution is 0.266. The van der Waals surface area contributed by atoms with Crippen LogP contribution in [0.3, 0.4) is 0 Å². The Kier molecular flexibility index (Phi) is 2.80. The largest absolute Gasteiger partial charge is 0.388 e. The van der Waals surface area contributed by atoms with Crippen LogP contribution in [0.5, 0.6) is 0 Å². The number of nitrogens with zero attached hydrogens (tertiary/aromatic N) is 1. The van der Waals surface area contributed by atoms with Gasteiger partial charge in [-0.2, -0.15) is 0 Å². The number of likely N-dealkylation sites (N-methyl/N-ethyl adjacent to an activating group) is 1. The van der Waals surface area contributed by atoms with Crippen LogP contribution < -0.4 is 5.32 Å². The number of hydrogen-bond donors (Lipinski definition) is 1. The van der Waals surface area contributed by atoms with E-state index in [2.05, 4.69) is 37.3 Å². The lowest BCUT2D eigenvalue weighted by atomic mass is 10.0. The van der Waals surface area contributed by atoms with E-state index in [0.29, 0.717) is 6.04 Å². The summed E-state index contributed by atoms with van der Waals surface area (Å²) in [4.78, 5) is 2.29. The topological polar surface area (TPSA) is 15.3 Å². The van der Waals surface area contributed by atoms with E-state index in [1.165, 1.54) is 6.42 Å². The van der Waals surface area contributed by atoms with Crippen LogP contribution in [0.25, 0.3) is 0 Å². The Morgan fingerprint density at radius 2 is 2.36 bits per heavy atom. The van der Waals surface area contributed by atoms with Crippen LogP contribution in [-0.2, 0) is 0 Å². The molecule has 1 unspecified atom stereocenters. The fraction of sp³-hybridized carbons (Fsp3) is 0.778. The zero-order valence-corrected chi connectivity index (χ0v) is 7.67. The second kappa shape index (κ2) is 3.65. The van der Waals surface area contributed by atoms with Gasteiger partial charge in [0, 0.05) is 32.0 Å². The molecule has 1 atom stereocenters. The van der Waals surface area contributed by atoms with Crippen LogP contribution in [0.4, 0.5) is 0 Å². The SMILES string of the molecule is CC(C)CC1CNC=CN1C. The van der Waals surface area contributed by atoms with Gasteiger partial charge in [-0.05, 0) is 12.3 Å². The van der Waals surface area contributed by atoms with E-state index in [1.54, 1.807) is 0 Å². The van der Waals surface area contributed by atoms with Crippen molar-refractivity contribution in [2.24, 2.45) is 5.92 Å². The summed E-state index contributed by atoms with van der Waals surface area (Å²) < 4.78 is 0. The highest BCUT2D eigenvalue weighted by atomic mass is 15.2. The van der Waals surface area contributed by atoms with Gasteiger partial charge in [0.1, 0.15) is 0 Å². The van der Waals surface area contributed by atoms with Gasteiger partial charge in [0.2, 0.25) is 0 Å². The summed E-state index contributed by atoms with van der Waals surface area (Å²) >= 11 is 0. The first-order chi connectivity index (χ1) is 5.20. The van der Waals surface area contributed by atoms with Crippen LogP contribution in [0.15, 0.2) is 12.4 Å².